The molecule has 2 nitrogen and oxygen atoms in total. The molecule has 1 fully saturated rings. The molecule has 1 aliphatic rings. The van der Waals surface area contributed by atoms with Crippen molar-refractivity contribution in [3.05, 3.63) is 12.3 Å². The molecule has 1 saturated carbocycles. The van der Waals surface area contributed by atoms with Crippen LogP contribution in [0, 0.1) is 0 Å². The Morgan fingerprint density at radius 2 is 2.08 bits per heavy atom. The molecule has 0 atom stereocenters. The van der Waals surface area contributed by atoms with Crippen molar-refractivity contribution in [2.24, 2.45) is 0 Å². The molecular weight excluding hydrogens is 164 g/mol. The summed E-state index contributed by atoms with van der Waals surface area (Å²) < 4.78 is 11.0. The van der Waals surface area contributed by atoms with Crippen molar-refractivity contribution in [1.82, 2.24) is 0 Å². The lowest BCUT2D eigenvalue weighted by Gasteiger charge is -2.40. The van der Waals surface area contributed by atoms with Crippen molar-refractivity contribution in [3.8, 4) is 0 Å². The fourth-order valence-corrected chi connectivity index (χ4v) is 1.64. The van der Waals surface area contributed by atoms with Crippen molar-refractivity contribution in [3.63, 3.8) is 0 Å². The molecule has 2 heteroatoms. The van der Waals surface area contributed by atoms with Crippen LogP contribution in [0.25, 0.3) is 0 Å². The molecule has 0 saturated heterocycles. The second kappa shape index (κ2) is 5.28. The lowest BCUT2D eigenvalue weighted by atomic mass is 9.78. The van der Waals surface area contributed by atoms with Crippen LogP contribution in [0.1, 0.15) is 39.5 Å². The van der Waals surface area contributed by atoms with Crippen LogP contribution in [0.2, 0.25) is 0 Å². The van der Waals surface area contributed by atoms with E-state index in [-0.39, 0.29) is 5.60 Å². The number of ether oxygens (including phenoxy) is 2. The highest BCUT2D eigenvalue weighted by molar-refractivity contribution is 4.88. The topological polar surface area (TPSA) is 18.5 Å². The van der Waals surface area contributed by atoms with Crippen molar-refractivity contribution in [2.75, 3.05) is 13.2 Å². The van der Waals surface area contributed by atoms with Gasteiger partial charge in [-0.05, 0) is 32.6 Å². The average molecular weight is 184 g/mol. The van der Waals surface area contributed by atoms with Crippen LogP contribution < -0.4 is 0 Å². The van der Waals surface area contributed by atoms with Gasteiger partial charge in [-0.3, -0.25) is 0 Å². The van der Waals surface area contributed by atoms with Gasteiger partial charge in [0.1, 0.15) is 6.61 Å². The van der Waals surface area contributed by atoms with Crippen LogP contribution in [0.3, 0.4) is 0 Å². The monoisotopic (exact) mass is 184 g/mol. The highest BCUT2D eigenvalue weighted by Gasteiger charge is 2.35. The summed E-state index contributed by atoms with van der Waals surface area (Å²) in [6.45, 7) is 5.54. The molecule has 1 aliphatic carbocycles. The lowest BCUT2D eigenvalue weighted by Crippen LogP contribution is -2.40. The number of hydrogen-bond donors (Lipinski definition) is 0. The van der Waals surface area contributed by atoms with Crippen molar-refractivity contribution in [2.45, 2.75) is 45.1 Å². The predicted octanol–water partition coefficient (Wildman–Crippen LogP) is 2.89. The number of allylic oxidation sites excluding steroid dienone is 1. The van der Waals surface area contributed by atoms with E-state index in [1.54, 1.807) is 6.26 Å². The number of rotatable bonds is 6. The summed E-state index contributed by atoms with van der Waals surface area (Å²) in [4.78, 5) is 0. The standard InChI is InChI=1S/C11H20O2/c1-3-8-12-9-10-13-11(4-2)6-5-7-11/h3,8H,4-7,9-10H2,1-2H3. The van der Waals surface area contributed by atoms with Crippen LogP contribution in [-0.2, 0) is 9.47 Å². The van der Waals surface area contributed by atoms with Gasteiger partial charge in [0.2, 0.25) is 0 Å². The fourth-order valence-electron chi connectivity index (χ4n) is 1.64. The van der Waals surface area contributed by atoms with Crippen LogP contribution in [0.4, 0.5) is 0 Å². The zero-order valence-electron chi connectivity index (χ0n) is 8.71. The first-order valence-corrected chi connectivity index (χ1v) is 5.20. The van der Waals surface area contributed by atoms with E-state index in [0.717, 1.165) is 13.0 Å². The quantitative estimate of drug-likeness (QED) is 0.467. The van der Waals surface area contributed by atoms with Gasteiger partial charge in [-0.25, -0.2) is 0 Å². The Hall–Kier alpha value is -0.500. The molecular formula is C11H20O2. The SMILES string of the molecule is CC=COCCOC1(CC)CCC1. The van der Waals surface area contributed by atoms with Gasteiger partial charge >= 0.3 is 0 Å². The minimum absolute atomic E-state index is 0.208. The largest absolute Gasteiger partial charge is 0.499 e. The minimum atomic E-state index is 0.208. The molecule has 0 N–H and O–H groups in total. The van der Waals surface area contributed by atoms with Gasteiger partial charge in [-0.1, -0.05) is 13.0 Å². The maximum absolute atomic E-state index is 5.80. The Balaban J connectivity index is 2.04. The smallest absolute Gasteiger partial charge is 0.111 e. The fraction of sp³-hybridized carbons (Fsp3) is 0.818. The van der Waals surface area contributed by atoms with Crippen LogP contribution >= 0.6 is 0 Å². The van der Waals surface area contributed by atoms with E-state index in [9.17, 15) is 0 Å². The Labute approximate surface area is 80.9 Å². The van der Waals surface area contributed by atoms with Gasteiger partial charge in [0.15, 0.2) is 0 Å². The second-order valence-electron chi connectivity index (χ2n) is 3.58. The predicted molar refractivity (Wildman–Crippen MR) is 53.6 cm³/mol. The number of hydrogen-bond acceptors (Lipinski definition) is 2. The van der Waals surface area contributed by atoms with Gasteiger partial charge < -0.3 is 9.47 Å². The van der Waals surface area contributed by atoms with Crippen LogP contribution in [-0.4, -0.2) is 18.8 Å². The van der Waals surface area contributed by atoms with E-state index in [2.05, 4.69) is 6.92 Å². The molecule has 0 aromatic heterocycles. The molecule has 76 valence electrons. The molecule has 0 heterocycles. The van der Waals surface area contributed by atoms with Crippen LogP contribution in [0.15, 0.2) is 12.3 Å². The maximum Gasteiger partial charge on any atom is 0.111 e. The summed E-state index contributed by atoms with van der Waals surface area (Å²) >= 11 is 0. The molecule has 0 amide bonds. The van der Waals surface area contributed by atoms with Crippen LogP contribution in [0.5, 0.6) is 0 Å². The zero-order valence-corrected chi connectivity index (χ0v) is 8.71. The van der Waals surface area contributed by atoms with Gasteiger partial charge in [0.25, 0.3) is 0 Å². The molecule has 0 bridgehead atoms. The summed E-state index contributed by atoms with van der Waals surface area (Å²) in [6, 6.07) is 0. The first kappa shape index (κ1) is 10.6. The molecule has 0 unspecified atom stereocenters. The van der Waals surface area contributed by atoms with Gasteiger partial charge in [-0.2, -0.15) is 0 Å². The van der Waals surface area contributed by atoms with Crippen molar-refractivity contribution >= 4 is 0 Å². The second-order valence-corrected chi connectivity index (χ2v) is 3.58. The zero-order chi connectivity index (χ0) is 9.57. The summed E-state index contributed by atoms with van der Waals surface area (Å²) in [5.41, 5.74) is 0.208. The van der Waals surface area contributed by atoms with E-state index in [1.165, 1.54) is 19.3 Å². The van der Waals surface area contributed by atoms with E-state index in [1.807, 2.05) is 13.0 Å². The lowest BCUT2D eigenvalue weighted by molar-refractivity contribution is -0.110. The van der Waals surface area contributed by atoms with E-state index in [4.69, 9.17) is 9.47 Å². The van der Waals surface area contributed by atoms with Crippen molar-refractivity contribution in [1.29, 1.82) is 0 Å². The third-order valence-electron chi connectivity index (χ3n) is 2.75. The first-order valence-electron chi connectivity index (χ1n) is 5.20. The van der Waals surface area contributed by atoms with E-state index in [0.29, 0.717) is 6.61 Å². The van der Waals surface area contributed by atoms with E-state index >= 15 is 0 Å². The van der Waals surface area contributed by atoms with Gasteiger partial charge in [0, 0.05) is 0 Å². The Morgan fingerprint density at radius 3 is 2.54 bits per heavy atom. The summed E-state index contributed by atoms with van der Waals surface area (Å²) in [5, 5.41) is 0. The molecule has 0 radical (unpaired) electrons. The Kier molecular flexibility index (Phi) is 4.29. The van der Waals surface area contributed by atoms with Crippen molar-refractivity contribution < 1.29 is 9.47 Å². The summed E-state index contributed by atoms with van der Waals surface area (Å²) in [6.07, 6.45) is 8.52. The minimum Gasteiger partial charge on any atom is -0.499 e. The maximum atomic E-state index is 5.80. The molecule has 0 aromatic rings. The van der Waals surface area contributed by atoms with Gasteiger partial charge in [0.05, 0.1) is 18.5 Å². The Morgan fingerprint density at radius 1 is 1.31 bits per heavy atom. The molecule has 0 aliphatic heterocycles. The highest BCUT2D eigenvalue weighted by Crippen LogP contribution is 2.38. The summed E-state index contributed by atoms with van der Waals surface area (Å²) in [5.74, 6) is 0. The van der Waals surface area contributed by atoms with Gasteiger partial charge in [-0.15, -0.1) is 0 Å². The molecule has 1 rings (SSSR count). The summed E-state index contributed by atoms with van der Waals surface area (Å²) in [7, 11) is 0. The van der Waals surface area contributed by atoms with E-state index < -0.39 is 0 Å². The molecule has 0 spiro atoms. The molecule has 13 heavy (non-hydrogen) atoms. The first-order chi connectivity index (χ1) is 6.33. The normalized spacial score (nSPS) is 20.2. The third-order valence-corrected chi connectivity index (χ3v) is 2.75. The highest BCUT2D eigenvalue weighted by atomic mass is 16.5. The average Bonchev–Trinajstić information content (AvgIpc) is 2.09. The Bertz CT molecular complexity index is 154. The molecule has 0 aromatic carbocycles. The third kappa shape index (κ3) is 3.03.